The average Bonchev–Trinajstić information content (AvgIpc) is 2.91. The molecule has 106 valence electrons. The summed E-state index contributed by atoms with van der Waals surface area (Å²) >= 11 is 2.10. The summed E-state index contributed by atoms with van der Waals surface area (Å²) in [6.45, 7) is 5.18. The number of rotatable bonds is 6. The maximum atomic E-state index is 6.04. The first-order valence-corrected chi connectivity index (χ1v) is 8.32. The van der Waals surface area contributed by atoms with Gasteiger partial charge in [-0.25, -0.2) is 4.98 Å². The number of aryl methyl sites for hydroxylation is 1. The van der Waals surface area contributed by atoms with Crippen LogP contribution in [-0.2, 0) is 0 Å². The molecule has 1 unspecified atom stereocenters. The molecular weight excluding hydrogens is 254 g/mol. The second-order valence-electron chi connectivity index (χ2n) is 5.34. The van der Waals surface area contributed by atoms with Gasteiger partial charge in [0.25, 0.3) is 0 Å². The van der Waals surface area contributed by atoms with Crippen LogP contribution in [0.1, 0.15) is 49.8 Å². The number of hydrogen-bond donors (Lipinski definition) is 2. The molecule has 4 heteroatoms. The van der Waals surface area contributed by atoms with Gasteiger partial charge in [-0.1, -0.05) is 19.8 Å². The molecule has 0 bridgehead atoms. The lowest BCUT2D eigenvalue weighted by Crippen LogP contribution is -2.25. The summed E-state index contributed by atoms with van der Waals surface area (Å²) < 4.78 is 0. The van der Waals surface area contributed by atoms with Crippen LogP contribution in [0.2, 0.25) is 0 Å². The second-order valence-corrected chi connectivity index (χ2v) is 6.67. The summed E-state index contributed by atoms with van der Waals surface area (Å²) in [4.78, 5) is 4.29. The van der Waals surface area contributed by atoms with Gasteiger partial charge in [0.1, 0.15) is 5.82 Å². The van der Waals surface area contributed by atoms with E-state index in [4.69, 9.17) is 5.73 Å². The zero-order valence-corrected chi connectivity index (χ0v) is 12.8. The molecule has 3 nitrogen and oxygen atoms in total. The Morgan fingerprint density at radius 3 is 2.89 bits per heavy atom. The highest BCUT2D eigenvalue weighted by atomic mass is 32.2. The lowest BCUT2D eigenvalue weighted by Gasteiger charge is -2.21. The average molecular weight is 279 g/mol. The minimum atomic E-state index is 0.322. The molecule has 1 atom stereocenters. The Hall–Kier alpha value is -0.740. The van der Waals surface area contributed by atoms with Crippen molar-refractivity contribution in [1.29, 1.82) is 0 Å². The van der Waals surface area contributed by atoms with E-state index >= 15 is 0 Å². The Kier molecular flexibility index (Phi) is 5.52. The van der Waals surface area contributed by atoms with Gasteiger partial charge >= 0.3 is 0 Å². The first-order valence-electron chi connectivity index (χ1n) is 7.27. The van der Waals surface area contributed by atoms with Crippen LogP contribution in [0.15, 0.2) is 12.3 Å². The quantitative estimate of drug-likeness (QED) is 0.839. The van der Waals surface area contributed by atoms with E-state index in [1.807, 2.05) is 6.20 Å². The lowest BCUT2D eigenvalue weighted by atomic mass is 10.1. The third-order valence-electron chi connectivity index (χ3n) is 3.71. The standard InChI is InChI=1S/C15H25N3S/c1-3-17-14(10-19-12-6-4-5-7-12)13-8-11(2)9-18-15(13)16/h8-9,12,14,17H,3-7,10H2,1-2H3,(H2,16,18). The van der Waals surface area contributed by atoms with Gasteiger partial charge < -0.3 is 11.1 Å². The number of nitrogens with one attached hydrogen (secondary N) is 1. The summed E-state index contributed by atoms with van der Waals surface area (Å²) in [6.07, 6.45) is 7.40. The molecule has 0 amide bonds. The molecule has 0 saturated heterocycles. The molecule has 2 rings (SSSR count). The van der Waals surface area contributed by atoms with Gasteiger partial charge in [0.2, 0.25) is 0 Å². The topological polar surface area (TPSA) is 50.9 Å². The molecule has 0 spiro atoms. The molecule has 1 fully saturated rings. The Morgan fingerprint density at radius 2 is 2.21 bits per heavy atom. The molecule has 0 radical (unpaired) electrons. The van der Waals surface area contributed by atoms with Crippen molar-refractivity contribution in [3.05, 3.63) is 23.4 Å². The fraction of sp³-hybridized carbons (Fsp3) is 0.667. The monoisotopic (exact) mass is 279 g/mol. The molecule has 1 aromatic rings. The molecule has 3 N–H and O–H groups in total. The highest BCUT2D eigenvalue weighted by molar-refractivity contribution is 7.99. The Balaban J connectivity index is 2.03. The number of thioether (sulfide) groups is 1. The van der Waals surface area contributed by atoms with Crippen molar-refractivity contribution in [3.63, 3.8) is 0 Å². The Morgan fingerprint density at radius 1 is 1.47 bits per heavy atom. The van der Waals surface area contributed by atoms with Crippen molar-refractivity contribution >= 4 is 17.6 Å². The molecule has 1 aliphatic rings. The van der Waals surface area contributed by atoms with Gasteiger partial charge in [-0.05, 0) is 37.9 Å². The maximum Gasteiger partial charge on any atom is 0.128 e. The van der Waals surface area contributed by atoms with Crippen LogP contribution in [0.5, 0.6) is 0 Å². The molecule has 1 aliphatic carbocycles. The second kappa shape index (κ2) is 7.15. The van der Waals surface area contributed by atoms with Crippen LogP contribution >= 0.6 is 11.8 Å². The van der Waals surface area contributed by atoms with Crippen molar-refractivity contribution in [2.45, 2.75) is 50.8 Å². The molecule has 0 aliphatic heterocycles. The zero-order valence-electron chi connectivity index (χ0n) is 12.0. The number of nitrogens with two attached hydrogens (primary N) is 1. The molecule has 0 aromatic carbocycles. The summed E-state index contributed by atoms with van der Waals surface area (Å²) in [5.41, 5.74) is 8.38. The van der Waals surface area contributed by atoms with Crippen molar-refractivity contribution in [2.75, 3.05) is 18.0 Å². The van der Waals surface area contributed by atoms with Gasteiger partial charge in [0.05, 0.1) is 0 Å². The van der Waals surface area contributed by atoms with Gasteiger partial charge in [0.15, 0.2) is 0 Å². The fourth-order valence-electron chi connectivity index (χ4n) is 2.67. The van der Waals surface area contributed by atoms with Crippen molar-refractivity contribution < 1.29 is 0 Å². The van der Waals surface area contributed by atoms with Crippen LogP contribution in [0.4, 0.5) is 5.82 Å². The summed E-state index contributed by atoms with van der Waals surface area (Å²) in [7, 11) is 0. The molecule has 1 aromatic heterocycles. The van der Waals surface area contributed by atoms with Crippen molar-refractivity contribution in [2.24, 2.45) is 0 Å². The predicted molar refractivity (Wildman–Crippen MR) is 84.5 cm³/mol. The number of aromatic nitrogens is 1. The summed E-state index contributed by atoms with van der Waals surface area (Å²) in [6, 6.07) is 2.49. The SMILES string of the molecule is CCNC(CSC1CCCC1)c1cc(C)cnc1N. The van der Waals surface area contributed by atoms with Gasteiger partial charge in [-0.2, -0.15) is 11.8 Å². The van der Waals surface area contributed by atoms with E-state index in [1.54, 1.807) is 0 Å². The van der Waals surface area contributed by atoms with Crippen LogP contribution in [0.3, 0.4) is 0 Å². The number of pyridine rings is 1. The first-order chi connectivity index (χ1) is 9.20. The Labute approximate surface area is 120 Å². The van der Waals surface area contributed by atoms with Crippen LogP contribution in [0, 0.1) is 6.92 Å². The molecular formula is C15H25N3S. The fourth-order valence-corrected chi connectivity index (χ4v) is 4.10. The number of anilines is 1. The summed E-state index contributed by atoms with van der Waals surface area (Å²) in [5.74, 6) is 1.76. The number of nitrogen functional groups attached to an aromatic ring is 1. The van der Waals surface area contributed by atoms with E-state index in [2.05, 4.69) is 42.0 Å². The Bertz CT molecular complexity index is 402. The van der Waals surface area contributed by atoms with E-state index in [0.717, 1.165) is 23.1 Å². The van der Waals surface area contributed by atoms with E-state index in [9.17, 15) is 0 Å². The highest BCUT2D eigenvalue weighted by Crippen LogP contribution is 2.33. The zero-order chi connectivity index (χ0) is 13.7. The number of hydrogen-bond acceptors (Lipinski definition) is 4. The molecule has 1 saturated carbocycles. The van der Waals surface area contributed by atoms with Gasteiger partial charge in [0, 0.05) is 28.8 Å². The van der Waals surface area contributed by atoms with E-state index in [0.29, 0.717) is 11.9 Å². The van der Waals surface area contributed by atoms with Gasteiger partial charge in [-0.15, -0.1) is 0 Å². The predicted octanol–water partition coefficient (Wildman–Crippen LogP) is 3.30. The third-order valence-corrected chi connectivity index (χ3v) is 5.18. The van der Waals surface area contributed by atoms with Crippen molar-refractivity contribution in [1.82, 2.24) is 10.3 Å². The lowest BCUT2D eigenvalue weighted by molar-refractivity contribution is 0.604. The van der Waals surface area contributed by atoms with E-state index < -0.39 is 0 Å². The minimum Gasteiger partial charge on any atom is -0.383 e. The van der Waals surface area contributed by atoms with Crippen LogP contribution in [0.25, 0.3) is 0 Å². The first kappa shape index (κ1) is 14.7. The molecule has 19 heavy (non-hydrogen) atoms. The maximum absolute atomic E-state index is 6.04. The third kappa shape index (κ3) is 4.11. The largest absolute Gasteiger partial charge is 0.383 e. The number of nitrogens with zero attached hydrogens (tertiary/aromatic N) is 1. The van der Waals surface area contributed by atoms with E-state index in [1.165, 1.54) is 31.2 Å². The molecule has 1 heterocycles. The van der Waals surface area contributed by atoms with E-state index in [-0.39, 0.29) is 0 Å². The summed E-state index contributed by atoms with van der Waals surface area (Å²) in [5, 5.41) is 4.40. The van der Waals surface area contributed by atoms with Crippen LogP contribution in [-0.4, -0.2) is 22.5 Å². The minimum absolute atomic E-state index is 0.322. The van der Waals surface area contributed by atoms with Crippen LogP contribution < -0.4 is 11.1 Å². The normalized spacial score (nSPS) is 17.8. The van der Waals surface area contributed by atoms with Gasteiger partial charge in [-0.3, -0.25) is 0 Å². The van der Waals surface area contributed by atoms with Crippen molar-refractivity contribution in [3.8, 4) is 0 Å². The smallest absolute Gasteiger partial charge is 0.128 e. The highest BCUT2D eigenvalue weighted by Gasteiger charge is 2.20.